The molecule has 3 heterocycles. The number of thioether (sulfide) groups is 1. The topological polar surface area (TPSA) is 131 Å². The Kier molecular flexibility index (Phi) is 8.77. The number of amides is 1. The molecule has 1 aliphatic rings. The Labute approximate surface area is 215 Å². The lowest BCUT2D eigenvalue weighted by molar-refractivity contribution is 0.0952. The van der Waals surface area contributed by atoms with Crippen LogP contribution in [0.15, 0.2) is 40.5 Å². The number of nitrogens with one attached hydrogen (secondary N) is 2. The van der Waals surface area contributed by atoms with Gasteiger partial charge in [0, 0.05) is 38.3 Å². The molecular formula is C23H31N7O4S2. The molecule has 1 saturated heterocycles. The molecule has 2 aromatic heterocycles. The van der Waals surface area contributed by atoms with Gasteiger partial charge in [0.05, 0.1) is 29.6 Å². The number of rotatable bonds is 12. The van der Waals surface area contributed by atoms with Crippen molar-refractivity contribution in [2.24, 2.45) is 0 Å². The zero-order chi connectivity index (χ0) is 25.5. The second kappa shape index (κ2) is 12.0. The Morgan fingerprint density at radius 2 is 1.89 bits per heavy atom. The van der Waals surface area contributed by atoms with Crippen molar-refractivity contribution in [2.75, 3.05) is 51.0 Å². The molecule has 0 spiro atoms. The van der Waals surface area contributed by atoms with Crippen molar-refractivity contribution in [1.29, 1.82) is 0 Å². The lowest BCUT2D eigenvalue weighted by atomic mass is 10.2. The number of carbonyl (C=O) groups excluding carboxylic acids is 1. The van der Waals surface area contributed by atoms with Crippen LogP contribution >= 0.6 is 11.8 Å². The number of hydrogen-bond acceptors (Lipinski definition) is 9. The molecule has 3 aromatic rings. The number of aromatic nitrogens is 4. The van der Waals surface area contributed by atoms with Gasteiger partial charge in [-0.2, -0.15) is 9.40 Å². The van der Waals surface area contributed by atoms with Crippen molar-refractivity contribution in [2.45, 2.75) is 36.4 Å². The number of carbonyl (C=O) groups is 1. The highest BCUT2D eigenvalue weighted by molar-refractivity contribution is 7.98. The van der Waals surface area contributed by atoms with Crippen molar-refractivity contribution in [3.8, 4) is 0 Å². The van der Waals surface area contributed by atoms with Gasteiger partial charge in [0.1, 0.15) is 5.82 Å². The molecule has 13 heteroatoms. The Balaban J connectivity index is 1.38. The molecule has 0 saturated carbocycles. The molecule has 0 atom stereocenters. The first-order valence-electron chi connectivity index (χ1n) is 11.9. The van der Waals surface area contributed by atoms with Gasteiger partial charge in [0.2, 0.25) is 10.0 Å². The van der Waals surface area contributed by atoms with Crippen molar-refractivity contribution < 1.29 is 17.9 Å². The molecular weight excluding hydrogens is 502 g/mol. The van der Waals surface area contributed by atoms with E-state index in [9.17, 15) is 13.2 Å². The molecule has 1 aromatic carbocycles. The van der Waals surface area contributed by atoms with E-state index in [0.29, 0.717) is 68.1 Å². The van der Waals surface area contributed by atoms with E-state index >= 15 is 0 Å². The number of hydrogen-bond donors (Lipinski definition) is 2. The molecule has 0 unspecified atom stereocenters. The van der Waals surface area contributed by atoms with Crippen LogP contribution < -0.4 is 10.6 Å². The van der Waals surface area contributed by atoms with Crippen LogP contribution in [0.25, 0.3) is 11.0 Å². The Hall–Kier alpha value is -2.74. The van der Waals surface area contributed by atoms with Crippen LogP contribution in [-0.4, -0.2) is 84.0 Å². The zero-order valence-corrected chi connectivity index (χ0v) is 22.1. The molecule has 0 bridgehead atoms. The first-order chi connectivity index (χ1) is 17.4. The van der Waals surface area contributed by atoms with E-state index in [1.165, 1.54) is 28.2 Å². The fourth-order valence-electron chi connectivity index (χ4n) is 3.94. The number of sulfonamides is 1. The van der Waals surface area contributed by atoms with Crippen molar-refractivity contribution in [1.82, 2.24) is 29.4 Å². The minimum absolute atomic E-state index is 0.207. The third kappa shape index (κ3) is 5.97. The van der Waals surface area contributed by atoms with Gasteiger partial charge in [-0.25, -0.2) is 23.1 Å². The second-order valence-corrected chi connectivity index (χ2v) is 10.9. The number of benzene rings is 1. The predicted octanol–water partition coefficient (Wildman–Crippen LogP) is 2.21. The van der Waals surface area contributed by atoms with Crippen molar-refractivity contribution in [3.05, 3.63) is 36.0 Å². The van der Waals surface area contributed by atoms with Crippen molar-refractivity contribution in [3.63, 3.8) is 0 Å². The fourth-order valence-corrected chi connectivity index (χ4v) is 5.82. The molecule has 2 N–H and O–H groups in total. The third-order valence-corrected chi connectivity index (χ3v) is 8.29. The maximum Gasteiger partial charge on any atom is 0.251 e. The first-order valence-corrected chi connectivity index (χ1v) is 14.6. The summed E-state index contributed by atoms with van der Waals surface area (Å²) in [7, 11) is -3.50. The average molecular weight is 534 g/mol. The summed E-state index contributed by atoms with van der Waals surface area (Å²) in [6.45, 7) is 5.63. The fraction of sp³-hybridized carbons (Fsp3) is 0.478. The highest BCUT2D eigenvalue weighted by Crippen LogP contribution is 2.23. The van der Waals surface area contributed by atoms with E-state index in [1.807, 2.05) is 13.2 Å². The van der Waals surface area contributed by atoms with Crippen LogP contribution in [0.3, 0.4) is 0 Å². The van der Waals surface area contributed by atoms with E-state index in [-0.39, 0.29) is 10.8 Å². The van der Waals surface area contributed by atoms with Crippen LogP contribution in [0.4, 0.5) is 5.82 Å². The highest BCUT2D eigenvalue weighted by atomic mass is 32.2. The van der Waals surface area contributed by atoms with Crippen molar-refractivity contribution >= 4 is 44.5 Å². The van der Waals surface area contributed by atoms with Crippen LogP contribution in [-0.2, 0) is 21.3 Å². The normalized spacial score (nSPS) is 14.4. The Bertz CT molecular complexity index is 1290. The summed E-state index contributed by atoms with van der Waals surface area (Å²) < 4.78 is 34.0. The summed E-state index contributed by atoms with van der Waals surface area (Å²) in [5.74, 6) is 0.414. The number of fused-ring (bicyclic) bond motifs is 1. The summed E-state index contributed by atoms with van der Waals surface area (Å²) in [6.07, 6.45) is 5.38. The monoisotopic (exact) mass is 533 g/mol. The van der Waals surface area contributed by atoms with Crippen LogP contribution in [0.5, 0.6) is 0 Å². The molecule has 11 nitrogen and oxygen atoms in total. The second-order valence-electron chi connectivity index (χ2n) is 8.18. The molecule has 194 valence electrons. The van der Waals surface area contributed by atoms with E-state index < -0.39 is 10.0 Å². The maximum absolute atomic E-state index is 12.7. The smallest absolute Gasteiger partial charge is 0.251 e. The van der Waals surface area contributed by atoms with Gasteiger partial charge in [-0.3, -0.25) is 4.79 Å². The van der Waals surface area contributed by atoms with Gasteiger partial charge in [0.25, 0.3) is 5.91 Å². The van der Waals surface area contributed by atoms with Gasteiger partial charge >= 0.3 is 0 Å². The lowest BCUT2D eigenvalue weighted by Crippen LogP contribution is -2.29. The summed E-state index contributed by atoms with van der Waals surface area (Å²) in [4.78, 5) is 22.0. The summed E-state index contributed by atoms with van der Waals surface area (Å²) in [5, 5.41) is 12.0. The predicted molar refractivity (Wildman–Crippen MR) is 139 cm³/mol. The highest BCUT2D eigenvalue weighted by Gasteiger charge is 2.27. The molecule has 1 amide bonds. The van der Waals surface area contributed by atoms with E-state index in [1.54, 1.807) is 23.0 Å². The molecule has 0 radical (unpaired) electrons. The quantitative estimate of drug-likeness (QED) is 0.204. The van der Waals surface area contributed by atoms with Crippen LogP contribution in [0.2, 0.25) is 0 Å². The summed E-state index contributed by atoms with van der Waals surface area (Å²) in [6, 6.07) is 6.06. The minimum Gasteiger partial charge on any atom is -0.380 e. The molecule has 1 aliphatic heterocycles. The zero-order valence-electron chi connectivity index (χ0n) is 20.4. The number of anilines is 1. The minimum atomic E-state index is -3.50. The first kappa shape index (κ1) is 26.3. The van der Waals surface area contributed by atoms with Gasteiger partial charge in [-0.05, 0) is 50.3 Å². The van der Waals surface area contributed by atoms with E-state index in [4.69, 9.17) is 4.74 Å². The van der Waals surface area contributed by atoms with Gasteiger partial charge < -0.3 is 15.4 Å². The lowest BCUT2D eigenvalue weighted by Gasteiger charge is -2.15. The number of nitrogens with zero attached hydrogens (tertiary/aromatic N) is 5. The van der Waals surface area contributed by atoms with E-state index in [0.717, 1.165) is 18.2 Å². The van der Waals surface area contributed by atoms with Crippen LogP contribution in [0, 0.1) is 0 Å². The number of ether oxygens (including phenoxy) is 1. The third-order valence-electron chi connectivity index (χ3n) is 5.83. The molecule has 4 rings (SSSR count). The standard InChI is InChI=1S/C23H31N7O4S2/c1-3-34-15-11-24-20-19-16-26-30(21(19)28-23(27-20)35-2)14-10-25-22(31)17-6-8-18(9-7-17)36(32,33)29-12-4-5-13-29/h6-9,16H,3-5,10-15H2,1-2H3,(H,25,31)(H,24,27,28). The SMILES string of the molecule is CCOCCNc1nc(SC)nc2c1cnn2CCNC(=O)c1ccc(S(=O)(=O)N2CCCC2)cc1. The Morgan fingerprint density at radius 3 is 2.58 bits per heavy atom. The van der Waals surface area contributed by atoms with Gasteiger partial charge in [0.15, 0.2) is 10.8 Å². The van der Waals surface area contributed by atoms with Gasteiger partial charge in [-0.15, -0.1) is 0 Å². The Morgan fingerprint density at radius 1 is 1.14 bits per heavy atom. The summed E-state index contributed by atoms with van der Waals surface area (Å²) >= 11 is 1.44. The molecule has 0 aliphatic carbocycles. The molecule has 1 fully saturated rings. The molecule has 36 heavy (non-hydrogen) atoms. The average Bonchev–Trinajstić information content (AvgIpc) is 3.58. The van der Waals surface area contributed by atoms with Crippen LogP contribution in [0.1, 0.15) is 30.1 Å². The van der Waals surface area contributed by atoms with E-state index in [2.05, 4.69) is 25.7 Å². The maximum atomic E-state index is 12.7. The summed E-state index contributed by atoms with van der Waals surface area (Å²) in [5.41, 5.74) is 1.08. The van der Waals surface area contributed by atoms with Gasteiger partial charge in [-0.1, -0.05) is 11.8 Å². The largest absolute Gasteiger partial charge is 0.380 e.